The highest BCUT2D eigenvalue weighted by Crippen LogP contribution is 1.96. The Balaban J connectivity index is 3.72. The van der Waals surface area contributed by atoms with E-state index in [4.69, 9.17) is 16.6 Å². The Morgan fingerprint density at radius 3 is 2.64 bits per heavy atom. The fourth-order valence-corrected chi connectivity index (χ4v) is 0.935. The van der Waals surface area contributed by atoms with Crippen LogP contribution in [0.3, 0.4) is 0 Å². The van der Waals surface area contributed by atoms with Crippen molar-refractivity contribution >= 4 is 11.9 Å². The van der Waals surface area contributed by atoms with E-state index in [2.05, 4.69) is 15.8 Å². The summed E-state index contributed by atoms with van der Waals surface area (Å²) in [5.41, 5.74) is 15.4. The van der Waals surface area contributed by atoms with Crippen molar-refractivity contribution < 1.29 is 9.90 Å². The van der Waals surface area contributed by atoms with E-state index in [9.17, 15) is 4.79 Å². The van der Waals surface area contributed by atoms with Crippen LogP contribution < -0.4 is 22.3 Å². The van der Waals surface area contributed by atoms with Crippen molar-refractivity contribution in [2.24, 2.45) is 16.5 Å². The van der Waals surface area contributed by atoms with Crippen molar-refractivity contribution in [3.8, 4) is 0 Å². The Hall–Kier alpha value is -1.34. The molecule has 0 radical (unpaired) electrons. The Kier molecular flexibility index (Phi) is 6.42. The van der Waals surface area contributed by atoms with Crippen LogP contribution in [0.1, 0.15) is 12.8 Å². The van der Waals surface area contributed by atoms with Crippen LogP contribution in [0, 0.1) is 0 Å². The first kappa shape index (κ1) is 12.7. The van der Waals surface area contributed by atoms with Crippen LogP contribution in [-0.4, -0.2) is 36.7 Å². The lowest BCUT2D eigenvalue weighted by Crippen LogP contribution is -2.43. The lowest BCUT2D eigenvalue weighted by atomic mass is 10.2. The van der Waals surface area contributed by atoms with Gasteiger partial charge in [0.1, 0.15) is 6.04 Å². The number of carboxylic acids is 1. The van der Waals surface area contributed by atoms with Crippen LogP contribution >= 0.6 is 0 Å². The summed E-state index contributed by atoms with van der Waals surface area (Å²) in [6.07, 6.45) is 1.08. The molecule has 0 heterocycles. The third-order valence-electron chi connectivity index (χ3n) is 1.56. The first-order valence-electron chi connectivity index (χ1n) is 4.28. The predicted molar refractivity (Wildman–Crippen MR) is 53.5 cm³/mol. The first-order valence-corrected chi connectivity index (χ1v) is 4.28. The Morgan fingerprint density at radius 2 is 2.21 bits per heavy atom. The molecule has 7 nitrogen and oxygen atoms in total. The Labute approximate surface area is 82.5 Å². The number of nitrogens with two attached hydrogens (primary N) is 2. The van der Waals surface area contributed by atoms with E-state index in [1.165, 1.54) is 0 Å². The molecule has 0 saturated carbocycles. The fraction of sp³-hybridized carbons (Fsp3) is 0.714. The van der Waals surface area contributed by atoms with Gasteiger partial charge in [0.15, 0.2) is 5.96 Å². The molecule has 0 aliphatic rings. The van der Waals surface area contributed by atoms with Crippen molar-refractivity contribution in [3.05, 3.63) is 0 Å². The summed E-state index contributed by atoms with van der Waals surface area (Å²) in [7, 11) is 1.62. The van der Waals surface area contributed by atoms with Gasteiger partial charge in [0, 0.05) is 6.54 Å². The average Bonchev–Trinajstić information content (AvgIpc) is 2.09. The van der Waals surface area contributed by atoms with Gasteiger partial charge in [0.05, 0.1) is 0 Å². The third-order valence-corrected chi connectivity index (χ3v) is 1.56. The minimum absolute atomic E-state index is 0.0263. The fourth-order valence-electron chi connectivity index (χ4n) is 0.935. The summed E-state index contributed by atoms with van der Waals surface area (Å²) in [5.74, 6) is -0.873. The maximum atomic E-state index is 10.6. The lowest BCUT2D eigenvalue weighted by Gasteiger charge is -2.12. The van der Waals surface area contributed by atoms with Crippen LogP contribution in [-0.2, 0) is 4.79 Å². The van der Waals surface area contributed by atoms with Crippen LogP contribution in [0.4, 0.5) is 0 Å². The number of rotatable bonds is 7. The Morgan fingerprint density at radius 1 is 1.57 bits per heavy atom. The summed E-state index contributed by atoms with van der Waals surface area (Å²) in [5, 5.41) is 8.73. The molecule has 0 saturated heterocycles. The number of nitrogens with zero attached hydrogens (tertiary/aromatic N) is 1. The maximum absolute atomic E-state index is 10.6. The van der Waals surface area contributed by atoms with Crippen LogP contribution in [0.5, 0.6) is 0 Å². The zero-order valence-electron chi connectivity index (χ0n) is 8.16. The highest BCUT2D eigenvalue weighted by atomic mass is 16.4. The van der Waals surface area contributed by atoms with Crippen molar-refractivity contribution in [3.63, 3.8) is 0 Å². The predicted octanol–water partition coefficient (Wildman–Crippen LogP) is -1.78. The number of carboxylic acid groups (broad SMARTS) is 1. The molecule has 7 N–H and O–H groups in total. The topological polar surface area (TPSA) is 126 Å². The number of guanidine groups is 1. The second-order valence-electron chi connectivity index (χ2n) is 2.73. The van der Waals surface area contributed by atoms with Crippen LogP contribution in [0.25, 0.3) is 0 Å². The van der Waals surface area contributed by atoms with Gasteiger partial charge in [0.2, 0.25) is 0 Å². The zero-order valence-corrected chi connectivity index (χ0v) is 8.16. The van der Waals surface area contributed by atoms with Crippen molar-refractivity contribution in [2.75, 3.05) is 13.6 Å². The van der Waals surface area contributed by atoms with E-state index >= 15 is 0 Å². The quantitative estimate of drug-likeness (QED) is 0.144. The number of hydrazine groups is 1. The molecule has 0 spiro atoms. The van der Waals surface area contributed by atoms with E-state index in [0.717, 1.165) is 0 Å². The smallest absolute Gasteiger partial charge is 0.322 e. The molecule has 0 rings (SSSR count). The van der Waals surface area contributed by atoms with Crippen molar-refractivity contribution in [2.45, 2.75) is 18.9 Å². The maximum Gasteiger partial charge on any atom is 0.322 e. The summed E-state index contributed by atoms with van der Waals surface area (Å²) >= 11 is 0. The number of aliphatic carboxylic acids is 1. The molecule has 7 heteroatoms. The van der Waals surface area contributed by atoms with Gasteiger partial charge >= 0.3 is 5.97 Å². The monoisotopic (exact) mass is 203 g/mol. The zero-order chi connectivity index (χ0) is 11.0. The molecule has 0 aromatic rings. The number of aliphatic imine (C=N–C) groups is 1. The average molecular weight is 203 g/mol. The second kappa shape index (κ2) is 7.10. The minimum atomic E-state index is -0.899. The Bertz CT molecular complexity index is 202. The third kappa shape index (κ3) is 6.21. The van der Waals surface area contributed by atoms with E-state index < -0.39 is 12.0 Å². The van der Waals surface area contributed by atoms with Crippen molar-refractivity contribution in [1.82, 2.24) is 10.9 Å². The van der Waals surface area contributed by atoms with Gasteiger partial charge in [-0.15, -0.1) is 0 Å². The lowest BCUT2D eigenvalue weighted by molar-refractivity contribution is -0.139. The van der Waals surface area contributed by atoms with Gasteiger partial charge in [-0.05, 0) is 19.9 Å². The number of hydrogen-bond donors (Lipinski definition) is 5. The van der Waals surface area contributed by atoms with Gasteiger partial charge in [-0.25, -0.2) is 5.43 Å². The van der Waals surface area contributed by atoms with E-state index in [1.807, 2.05) is 0 Å². The summed E-state index contributed by atoms with van der Waals surface area (Å²) in [6.45, 7) is 0.442. The molecule has 0 amide bonds. The number of carbonyl (C=O) groups is 1. The molecule has 1 atom stereocenters. The van der Waals surface area contributed by atoms with Gasteiger partial charge in [-0.2, -0.15) is 0 Å². The first-order chi connectivity index (χ1) is 6.57. The summed E-state index contributed by atoms with van der Waals surface area (Å²) in [4.78, 5) is 14.4. The SMILES string of the molecule is CNNC(CCCN=C(N)N)C(=O)O. The molecule has 0 aliphatic heterocycles. The molecule has 0 fully saturated rings. The normalized spacial score (nSPS) is 12.1. The van der Waals surface area contributed by atoms with E-state index in [0.29, 0.717) is 19.4 Å². The number of hydrogen-bond acceptors (Lipinski definition) is 4. The highest BCUT2D eigenvalue weighted by Gasteiger charge is 2.14. The molecule has 0 bridgehead atoms. The van der Waals surface area contributed by atoms with Crippen LogP contribution in [0.15, 0.2) is 4.99 Å². The summed E-state index contributed by atoms with van der Waals surface area (Å²) < 4.78 is 0. The summed E-state index contributed by atoms with van der Waals surface area (Å²) in [6, 6.07) is -0.616. The molecule has 0 aliphatic carbocycles. The highest BCUT2D eigenvalue weighted by molar-refractivity contribution is 5.75. The number of nitrogens with one attached hydrogen (secondary N) is 2. The van der Waals surface area contributed by atoms with Crippen LogP contribution in [0.2, 0.25) is 0 Å². The van der Waals surface area contributed by atoms with Gasteiger partial charge in [-0.3, -0.25) is 15.2 Å². The van der Waals surface area contributed by atoms with E-state index in [-0.39, 0.29) is 5.96 Å². The van der Waals surface area contributed by atoms with Gasteiger partial charge in [-0.1, -0.05) is 0 Å². The molecular weight excluding hydrogens is 186 g/mol. The molecule has 0 aromatic carbocycles. The largest absolute Gasteiger partial charge is 0.480 e. The molecule has 82 valence electrons. The molecule has 14 heavy (non-hydrogen) atoms. The molecular formula is C7H17N5O2. The molecule has 1 unspecified atom stereocenters. The van der Waals surface area contributed by atoms with E-state index in [1.54, 1.807) is 7.05 Å². The van der Waals surface area contributed by atoms with Gasteiger partial charge < -0.3 is 16.6 Å². The van der Waals surface area contributed by atoms with Gasteiger partial charge in [0.25, 0.3) is 0 Å². The van der Waals surface area contributed by atoms with Crippen molar-refractivity contribution in [1.29, 1.82) is 0 Å². The standard InChI is InChI=1S/C7H17N5O2/c1-10-12-5(6(13)14)3-2-4-11-7(8)9/h5,10,12H,2-4H2,1H3,(H,13,14)(H4,8,9,11). The minimum Gasteiger partial charge on any atom is -0.480 e. The molecule has 0 aromatic heterocycles. The second-order valence-corrected chi connectivity index (χ2v) is 2.73.